The third-order valence-electron chi connectivity index (χ3n) is 5.38. The topological polar surface area (TPSA) is 12.9 Å². The van der Waals surface area contributed by atoms with Gasteiger partial charge in [0.05, 0.1) is 5.69 Å². The van der Waals surface area contributed by atoms with Crippen LogP contribution in [0.3, 0.4) is 0 Å². The molecule has 0 fully saturated rings. The second-order valence-electron chi connectivity index (χ2n) is 7.28. The second-order valence-corrected chi connectivity index (χ2v) is 7.28. The summed E-state index contributed by atoms with van der Waals surface area (Å²) in [5.41, 5.74) is 2.97. The average molecular weight is 348 g/mol. The van der Waals surface area contributed by atoms with Crippen molar-refractivity contribution < 1.29 is 1.37 Å². The molecule has 0 saturated heterocycles. The molecule has 0 N–H and O–H groups in total. The smallest absolute Gasteiger partial charge is 0.0705 e. The summed E-state index contributed by atoms with van der Waals surface area (Å²) in [5, 5.41) is 7.59. The van der Waals surface area contributed by atoms with Gasteiger partial charge in [-0.05, 0) is 62.0 Å². The van der Waals surface area contributed by atoms with Crippen LogP contribution >= 0.6 is 0 Å². The van der Waals surface area contributed by atoms with Gasteiger partial charge in [-0.2, -0.15) is 0 Å². The highest BCUT2D eigenvalue weighted by Gasteiger charge is 2.10. The Bertz CT molecular complexity index is 1310. The molecule has 1 heterocycles. The van der Waals surface area contributed by atoms with Crippen LogP contribution in [0, 0.1) is 0 Å². The first-order chi connectivity index (χ1) is 13.5. The number of rotatable bonds is 2. The zero-order valence-electron chi connectivity index (χ0n) is 16.5. The van der Waals surface area contributed by atoms with Crippen LogP contribution in [-0.4, -0.2) is 4.98 Å². The Morgan fingerprint density at radius 2 is 1.22 bits per heavy atom. The van der Waals surface area contributed by atoms with Crippen molar-refractivity contribution >= 4 is 32.3 Å². The van der Waals surface area contributed by atoms with Gasteiger partial charge >= 0.3 is 0 Å². The van der Waals surface area contributed by atoms with E-state index in [0.29, 0.717) is 0 Å². The van der Waals surface area contributed by atoms with Crippen LogP contribution < -0.4 is 0 Å². The number of aromatic nitrogens is 1. The monoisotopic (exact) mass is 348 g/mol. The van der Waals surface area contributed by atoms with E-state index in [1.165, 1.54) is 32.3 Å². The molecule has 0 aliphatic rings. The predicted molar refractivity (Wildman–Crippen MR) is 116 cm³/mol. The fraction of sp³-hybridized carbons (Fsp3) is 0.115. The number of nitrogens with zero attached hydrogens (tertiary/aromatic N) is 1. The Labute approximate surface area is 160 Å². The summed E-state index contributed by atoms with van der Waals surface area (Å²) in [6, 6.07) is 27.8. The van der Waals surface area contributed by atoms with Crippen molar-refractivity contribution in [1.29, 1.82) is 0 Å². The van der Waals surface area contributed by atoms with Gasteiger partial charge in [-0.15, -0.1) is 0 Å². The molecule has 1 heteroatoms. The number of pyridine rings is 1. The van der Waals surface area contributed by atoms with E-state index >= 15 is 0 Å². The maximum atomic E-state index is 8.33. The first-order valence-corrected chi connectivity index (χ1v) is 9.32. The lowest BCUT2D eigenvalue weighted by molar-refractivity contribution is 0.864. The molecule has 130 valence electrons. The minimum absolute atomic E-state index is 0.641. The van der Waals surface area contributed by atoms with Crippen molar-refractivity contribution in [3.8, 4) is 11.3 Å². The lowest BCUT2D eigenvalue weighted by atomic mass is 9.92. The van der Waals surface area contributed by atoms with Crippen LogP contribution in [0.5, 0.6) is 0 Å². The first-order valence-electron chi connectivity index (χ1n) is 9.82. The summed E-state index contributed by atoms with van der Waals surface area (Å²) in [6.07, 6.45) is 1.81. The molecule has 27 heavy (non-hydrogen) atoms. The van der Waals surface area contributed by atoms with Crippen LogP contribution in [-0.2, 0) is 0 Å². The standard InChI is InChI=1S/C26H21N/c1-17(2)18-13-14-27-26(16-18)19-11-12-24-22-9-4-3-7-20(22)21-8-5-6-10-23(21)25(24)15-19/h3-17H,1-2H3/i17D. The number of fused-ring (bicyclic) bond motifs is 6. The Morgan fingerprint density at radius 3 is 1.81 bits per heavy atom. The molecule has 4 aromatic carbocycles. The third-order valence-corrected chi connectivity index (χ3v) is 5.38. The van der Waals surface area contributed by atoms with E-state index in [2.05, 4.69) is 71.7 Å². The van der Waals surface area contributed by atoms with Crippen LogP contribution in [0.2, 0.25) is 0 Å². The highest BCUT2D eigenvalue weighted by atomic mass is 14.7. The molecular weight excluding hydrogens is 326 g/mol. The van der Waals surface area contributed by atoms with Gasteiger partial charge in [-0.25, -0.2) is 0 Å². The minimum atomic E-state index is -0.641. The number of hydrogen-bond donors (Lipinski definition) is 0. The maximum Gasteiger partial charge on any atom is 0.0705 e. The molecule has 0 radical (unpaired) electrons. The summed E-state index contributed by atoms with van der Waals surface area (Å²) in [6.45, 7) is 3.82. The molecule has 1 nitrogen and oxygen atoms in total. The van der Waals surface area contributed by atoms with Crippen molar-refractivity contribution in [1.82, 2.24) is 4.98 Å². The molecule has 0 amide bonds. The minimum Gasteiger partial charge on any atom is -0.256 e. The first kappa shape index (κ1) is 14.9. The normalized spacial score (nSPS) is 12.6. The van der Waals surface area contributed by atoms with Gasteiger partial charge in [-0.3, -0.25) is 4.98 Å². The fourth-order valence-electron chi connectivity index (χ4n) is 3.97. The zero-order chi connectivity index (χ0) is 19.3. The molecule has 0 aliphatic heterocycles. The lowest BCUT2D eigenvalue weighted by Gasteiger charge is -2.12. The molecule has 0 saturated carbocycles. The average Bonchev–Trinajstić information content (AvgIpc) is 2.73. The Kier molecular flexibility index (Phi) is 3.43. The second kappa shape index (κ2) is 6.21. The fourth-order valence-corrected chi connectivity index (χ4v) is 3.97. The molecule has 5 rings (SSSR count). The number of benzene rings is 4. The quantitative estimate of drug-likeness (QED) is 0.304. The number of hydrogen-bond acceptors (Lipinski definition) is 1. The molecule has 0 atom stereocenters. The van der Waals surface area contributed by atoms with E-state index in [0.717, 1.165) is 16.8 Å². The van der Waals surface area contributed by atoms with Crippen LogP contribution in [0.15, 0.2) is 85.1 Å². The van der Waals surface area contributed by atoms with Crippen molar-refractivity contribution in [2.75, 3.05) is 0 Å². The third kappa shape index (κ3) is 2.59. The van der Waals surface area contributed by atoms with E-state index < -0.39 is 5.89 Å². The molecule has 0 bridgehead atoms. The van der Waals surface area contributed by atoms with Gasteiger partial charge in [0.25, 0.3) is 0 Å². The summed E-state index contributed by atoms with van der Waals surface area (Å²) in [4.78, 5) is 4.59. The molecule has 0 spiro atoms. The molecule has 0 unspecified atom stereocenters. The lowest BCUT2D eigenvalue weighted by Crippen LogP contribution is -1.91. The van der Waals surface area contributed by atoms with Gasteiger partial charge in [0, 0.05) is 13.1 Å². The predicted octanol–water partition coefficient (Wildman–Crippen LogP) is 7.33. The Morgan fingerprint density at radius 1 is 0.667 bits per heavy atom. The zero-order valence-corrected chi connectivity index (χ0v) is 15.5. The maximum absolute atomic E-state index is 8.33. The van der Waals surface area contributed by atoms with Crippen LogP contribution in [0.1, 0.15) is 26.7 Å². The Hall–Kier alpha value is -3.19. The molecule has 0 aliphatic carbocycles. The van der Waals surface area contributed by atoms with Gasteiger partial charge in [-0.1, -0.05) is 74.5 Å². The van der Waals surface area contributed by atoms with E-state index in [9.17, 15) is 0 Å². The molecule has 1 aromatic heterocycles. The van der Waals surface area contributed by atoms with Crippen LogP contribution in [0.4, 0.5) is 0 Å². The van der Waals surface area contributed by atoms with Crippen molar-refractivity contribution in [2.24, 2.45) is 0 Å². The molecule has 5 aromatic rings. The highest BCUT2D eigenvalue weighted by Crippen LogP contribution is 2.36. The van der Waals surface area contributed by atoms with E-state index in [1.807, 2.05) is 32.2 Å². The van der Waals surface area contributed by atoms with Crippen molar-refractivity contribution in [2.45, 2.75) is 19.7 Å². The van der Waals surface area contributed by atoms with Gasteiger partial charge in [0.2, 0.25) is 0 Å². The molecular formula is C26H21N. The van der Waals surface area contributed by atoms with Gasteiger partial charge < -0.3 is 0 Å². The van der Waals surface area contributed by atoms with Crippen molar-refractivity contribution in [3.63, 3.8) is 0 Å². The van der Waals surface area contributed by atoms with Crippen molar-refractivity contribution in [3.05, 3.63) is 90.6 Å². The van der Waals surface area contributed by atoms with Gasteiger partial charge in [0.15, 0.2) is 0 Å². The Balaban J connectivity index is 1.83. The largest absolute Gasteiger partial charge is 0.256 e. The van der Waals surface area contributed by atoms with E-state index in [-0.39, 0.29) is 0 Å². The highest BCUT2D eigenvalue weighted by molar-refractivity contribution is 6.25. The van der Waals surface area contributed by atoms with Crippen LogP contribution in [0.25, 0.3) is 43.6 Å². The summed E-state index contributed by atoms with van der Waals surface area (Å²) < 4.78 is 8.33. The SMILES string of the molecule is [2H]C(C)(C)c1ccnc(-c2ccc3c4ccccc4c4ccccc4c3c2)c1. The van der Waals surface area contributed by atoms with Gasteiger partial charge in [0.1, 0.15) is 0 Å². The summed E-state index contributed by atoms with van der Waals surface area (Å²) >= 11 is 0. The van der Waals surface area contributed by atoms with E-state index in [4.69, 9.17) is 1.37 Å². The van der Waals surface area contributed by atoms with E-state index in [1.54, 1.807) is 0 Å². The summed E-state index contributed by atoms with van der Waals surface area (Å²) in [5.74, 6) is -0.641. The summed E-state index contributed by atoms with van der Waals surface area (Å²) in [7, 11) is 0.